The number of unbranched alkanes of at least 4 members (excludes halogenated alkanes) is 1. The number of piperidine rings is 1. The number of hydrogen-bond donors (Lipinski definition) is 2. The highest BCUT2D eigenvalue weighted by atomic mass is 15.1. The summed E-state index contributed by atoms with van der Waals surface area (Å²) in [5.74, 6) is 1.42. The van der Waals surface area contributed by atoms with E-state index in [2.05, 4.69) is 83.6 Å². The summed E-state index contributed by atoms with van der Waals surface area (Å²) in [7, 11) is 2.00. The lowest BCUT2D eigenvalue weighted by molar-refractivity contribution is 0.260. The van der Waals surface area contributed by atoms with E-state index in [1.165, 1.54) is 36.9 Å². The van der Waals surface area contributed by atoms with Gasteiger partial charge in [0.15, 0.2) is 5.82 Å². The van der Waals surface area contributed by atoms with Gasteiger partial charge in [-0.1, -0.05) is 50.6 Å². The summed E-state index contributed by atoms with van der Waals surface area (Å²) < 4.78 is 0. The van der Waals surface area contributed by atoms with Crippen molar-refractivity contribution in [2.75, 3.05) is 33.2 Å². The van der Waals surface area contributed by atoms with Crippen LogP contribution in [0.1, 0.15) is 57.1 Å². The van der Waals surface area contributed by atoms with Crippen LogP contribution < -0.4 is 10.6 Å². The Bertz CT molecular complexity index is 903. The van der Waals surface area contributed by atoms with Crippen molar-refractivity contribution < 1.29 is 0 Å². The van der Waals surface area contributed by atoms with E-state index in [4.69, 9.17) is 4.98 Å². The minimum atomic E-state index is 0.703. The van der Waals surface area contributed by atoms with Crippen LogP contribution in [0.15, 0.2) is 47.5 Å². The van der Waals surface area contributed by atoms with Gasteiger partial charge in [0.2, 0.25) is 0 Å². The second kappa shape index (κ2) is 13.3. The molecule has 5 nitrogen and oxygen atoms in total. The maximum Gasteiger partial charge on any atom is 0.161 e. The zero-order valence-corrected chi connectivity index (χ0v) is 20.7. The minimum absolute atomic E-state index is 0.703. The molecule has 2 aromatic rings. The zero-order valence-electron chi connectivity index (χ0n) is 20.7. The monoisotopic (exact) mass is 447 g/mol. The number of nitrogens with zero attached hydrogens (tertiary/aromatic N) is 3. The second-order valence-corrected chi connectivity index (χ2v) is 9.13. The molecule has 0 saturated carbocycles. The molecular weight excluding hydrogens is 406 g/mol. The SMILES string of the molecule is C=Nc1nc(-c2ccc(CNCCCC)cc2)ccc1/C(=C\CCNC)N1CCCC(C)C1. The van der Waals surface area contributed by atoms with E-state index >= 15 is 0 Å². The van der Waals surface area contributed by atoms with Crippen molar-refractivity contribution in [2.24, 2.45) is 10.9 Å². The van der Waals surface area contributed by atoms with Crippen LogP contribution in [0.3, 0.4) is 0 Å². The Morgan fingerprint density at radius 3 is 2.73 bits per heavy atom. The number of aliphatic imine (C=N–C) groups is 1. The van der Waals surface area contributed by atoms with Gasteiger partial charge in [-0.05, 0) is 76.2 Å². The quantitative estimate of drug-likeness (QED) is 0.326. The molecule has 33 heavy (non-hydrogen) atoms. The molecule has 0 aliphatic carbocycles. The van der Waals surface area contributed by atoms with Crippen LogP contribution >= 0.6 is 0 Å². The Hall–Kier alpha value is -2.50. The Kier molecular flexibility index (Phi) is 10.1. The Morgan fingerprint density at radius 2 is 2.03 bits per heavy atom. The molecular formula is C28H41N5. The number of nitrogens with one attached hydrogen (secondary N) is 2. The molecule has 2 N–H and O–H groups in total. The van der Waals surface area contributed by atoms with Crippen molar-refractivity contribution in [1.29, 1.82) is 0 Å². The number of benzene rings is 1. The predicted octanol–water partition coefficient (Wildman–Crippen LogP) is 5.65. The van der Waals surface area contributed by atoms with Crippen molar-refractivity contribution in [3.8, 4) is 11.3 Å². The van der Waals surface area contributed by atoms with Gasteiger partial charge in [0, 0.05) is 36.5 Å². The van der Waals surface area contributed by atoms with E-state index in [0.717, 1.165) is 56.0 Å². The first-order chi connectivity index (χ1) is 16.2. The van der Waals surface area contributed by atoms with Crippen molar-refractivity contribution in [1.82, 2.24) is 20.5 Å². The highest BCUT2D eigenvalue weighted by Crippen LogP contribution is 2.33. The molecule has 5 heteroatoms. The third-order valence-corrected chi connectivity index (χ3v) is 6.32. The number of rotatable bonds is 12. The van der Waals surface area contributed by atoms with E-state index in [-0.39, 0.29) is 0 Å². The highest BCUT2D eigenvalue weighted by Gasteiger charge is 2.21. The molecule has 3 rings (SSSR count). The molecule has 1 fully saturated rings. The summed E-state index contributed by atoms with van der Waals surface area (Å²) in [6.07, 6.45) is 8.27. The summed E-state index contributed by atoms with van der Waals surface area (Å²) in [6, 6.07) is 13.0. The van der Waals surface area contributed by atoms with Gasteiger partial charge in [-0.15, -0.1) is 0 Å². The summed E-state index contributed by atoms with van der Waals surface area (Å²) >= 11 is 0. The van der Waals surface area contributed by atoms with Gasteiger partial charge in [0.1, 0.15) is 0 Å². The first-order valence-electron chi connectivity index (χ1n) is 12.5. The van der Waals surface area contributed by atoms with Crippen molar-refractivity contribution in [3.05, 3.63) is 53.6 Å². The lowest BCUT2D eigenvalue weighted by atomic mass is 9.98. The largest absolute Gasteiger partial charge is 0.371 e. The second-order valence-electron chi connectivity index (χ2n) is 9.13. The van der Waals surface area contributed by atoms with Gasteiger partial charge in [-0.25, -0.2) is 9.98 Å². The van der Waals surface area contributed by atoms with Crippen LogP contribution in [0.4, 0.5) is 5.82 Å². The molecule has 1 aliphatic heterocycles. The molecule has 1 aromatic carbocycles. The highest BCUT2D eigenvalue weighted by molar-refractivity contribution is 5.75. The fourth-order valence-corrected chi connectivity index (χ4v) is 4.43. The molecule has 1 unspecified atom stereocenters. The zero-order chi connectivity index (χ0) is 23.5. The average Bonchev–Trinajstić information content (AvgIpc) is 2.85. The van der Waals surface area contributed by atoms with Crippen LogP contribution in [-0.4, -0.2) is 49.8 Å². The molecule has 1 aromatic heterocycles. The van der Waals surface area contributed by atoms with Gasteiger partial charge in [0.25, 0.3) is 0 Å². The molecule has 2 heterocycles. The molecule has 0 spiro atoms. The standard InChI is InChI=1S/C28H41N5/c1-5-6-18-31-20-23-11-13-24(14-12-23)26-16-15-25(28(30-4)32-26)27(10-7-17-29-3)33-19-8-9-22(2)21-33/h10-16,22,29,31H,4-9,17-21H2,1-3H3/b27-10+. The lowest BCUT2D eigenvalue weighted by Crippen LogP contribution is -2.33. The number of aromatic nitrogens is 1. The van der Waals surface area contributed by atoms with Crippen molar-refractivity contribution in [2.45, 2.75) is 52.5 Å². The van der Waals surface area contributed by atoms with Gasteiger partial charge in [0.05, 0.1) is 5.69 Å². The summed E-state index contributed by atoms with van der Waals surface area (Å²) in [4.78, 5) is 11.8. The first kappa shape index (κ1) is 25.1. The number of pyridine rings is 1. The third-order valence-electron chi connectivity index (χ3n) is 6.32. The van der Waals surface area contributed by atoms with Crippen molar-refractivity contribution in [3.63, 3.8) is 0 Å². The van der Waals surface area contributed by atoms with Gasteiger partial charge < -0.3 is 15.5 Å². The minimum Gasteiger partial charge on any atom is -0.371 e. The fourth-order valence-electron chi connectivity index (χ4n) is 4.43. The van der Waals surface area contributed by atoms with E-state index in [1.54, 1.807) is 0 Å². The van der Waals surface area contributed by atoms with E-state index in [1.807, 2.05) is 7.05 Å². The first-order valence-corrected chi connectivity index (χ1v) is 12.5. The summed E-state index contributed by atoms with van der Waals surface area (Å²) in [6.45, 7) is 13.5. The number of likely N-dealkylation sites (tertiary alicyclic amines) is 1. The van der Waals surface area contributed by atoms with Gasteiger partial charge >= 0.3 is 0 Å². The summed E-state index contributed by atoms with van der Waals surface area (Å²) in [5, 5.41) is 6.75. The molecule has 0 bridgehead atoms. The Morgan fingerprint density at radius 1 is 1.21 bits per heavy atom. The fraction of sp³-hybridized carbons (Fsp3) is 0.500. The summed E-state index contributed by atoms with van der Waals surface area (Å²) in [5.41, 5.74) is 5.66. The molecule has 1 saturated heterocycles. The van der Waals surface area contributed by atoms with E-state index in [9.17, 15) is 0 Å². The van der Waals surface area contributed by atoms with E-state index < -0.39 is 0 Å². The van der Waals surface area contributed by atoms with Gasteiger partial charge in [-0.3, -0.25) is 0 Å². The van der Waals surface area contributed by atoms with E-state index in [0.29, 0.717) is 11.7 Å². The molecule has 1 atom stereocenters. The maximum atomic E-state index is 4.91. The molecule has 0 amide bonds. The van der Waals surface area contributed by atoms with Crippen LogP contribution in [0.5, 0.6) is 0 Å². The smallest absolute Gasteiger partial charge is 0.161 e. The van der Waals surface area contributed by atoms with Crippen LogP contribution in [-0.2, 0) is 6.54 Å². The Balaban J connectivity index is 1.82. The maximum absolute atomic E-state index is 4.91. The lowest BCUT2D eigenvalue weighted by Gasteiger charge is -2.35. The average molecular weight is 448 g/mol. The topological polar surface area (TPSA) is 52.6 Å². The third kappa shape index (κ3) is 7.24. The van der Waals surface area contributed by atoms with Crippen LogP contribution in [0.2, 0.25) is 0 Å². The predicted molar refractivity (Wildman–Crippen MR) is 142 cm³/mol. The van der Waals surface area contributed by atoms with Gasteiger partial charge in [-0.2, -0.15) is 0 Å². The van der Waals surface area contributed by atoms with Crippen molar-refractivity contribution >= 4 is 18.2 Å². The normalized spacial score (nSPS) is 16.8. The number of hydrogen-bond acceptors (Lipinski definition) is 5. The Labute approximate surface area is 200 Å². The van der Waals surface area contributed by atoms with Crippen LogP contribution in [0.25, 0.3) is 17.0 Å². The molecule has 1 aliphatic rings. The van der Waals surface area contributed by atoms with Crippen LogP contribution in [0, 0.1) is 5.92 Å². The molecule has 0 radical (unpaired) electrons. The molecule has 178 valence electrons.